The van der Waals surface area contributed by atoms with Gasteiger partial charge in [-0.15, -0.1) is 0 Å². The summed E-state index contributed by atoms with van der Waals surface area (Å²) < 4.78 is 66.4. The van der Waals surface area contributed by atoms with Crippen molar-refractivity contribution < 1.29 is 41.8 Å². The molecule has 1 atom stereocenters. The average Bonchev–Trinajstić information content (AvgIpc) is 3.68. The number of nitrogens with one attached hydrogen (secondary N) is 2. The number of hydrogen-bond donors (Lipinski definition) is 3. The van der Waals surface area contributed by atoms with Gasteiger partial charge in [0.2, 0.25) is 23.7 Å². The molecule has 0 radical (unpaired) electrons. The lowest BCUT2D eigenvalue weighted by Crippen LogP contribution is -2.45. The summed E-state index contributed by atoms with van der Waals surface area (Å²) in [5.41, 5.74) is -0.968. The number of hydrogen-bond acceptors (Lipinski definition) is 11. The van der Waals surface area contributed by atoms with E-state index in [0.29, 0.717) is 63.0 Å². The van der Waals surface area contributed by atoms with Gasteiger partial charge in [-0.2, -0.15) is 18.3 Å². The van der Waals surface area contributed by atoms with Crippen molar-refractivity contribution in [1.82, 2.24) is 34.3 Å². The highest BCUT2D eigenvalue weighted by Gasteiger charge is 2.36. The predicted molar refractivity (Wildman–Crippen MR) is 218 cm³/mol. The van der Waals surface area contributed by atoms with E-state index in [-0.39, 0.29) is 66.0 Å². The van der Waals surface area contributed by atoms with Gasteiger partial charge in [-0.3, -0.25) is 24.4 Å². The molecule has 0 aliphatic carbocycles. The minimum absolute atomic E-state index is 0.00953. The molecule has 322 valence electrons. The Morgan fingerprint density at radius 3 is 2.43 bits per heavy atom. The van der Waals surface area contributed by atoms with Crippen molar-refractivity contribution in [3.05, 3.63) is 83.6 Å². The van der Waals surface area contributed by atoms with Gasteiger partial charge in [-0.05, 0) is 93.8 Å². The number of imide groups is 1. The van der Waals surface area contributed by atoms with Crippen LogP contribution in [-0.2, 0) is 31.8 Å². The smallest absolute Gasteiger partial charge is 0.389 e. The highest BCUT2D eigenvalue weighted by atomic mass is 32.2. The lowest BCUT2D eigenvalue weighted by molar-refractivity contribution is -0.139. The first-order chi connectivity index (χ1) is 29.1. The molecule has 3 aliphatic heterocycles. The van der Waals surface area contributed by atoms with Crippen LogP contribution in [0.25, 0.3) is 11.3 Å². The zero-order valence-corrected chi connectivity index (χ0v) is 34.5. The van der Waals surface area contributed by atoms with Crippen LogP contribution in [0.15, 0.2) is 66.0 Å². The first-order valence-electron chi connectivity index (χ1n) is 20.1. The van der Waals surface area contributed by atoms with Crippen LogP contribution in [0.1, 0.15) is 75.0 Å². The van der Waals surface area contributed by atoms with Gasteiger partial charge in [0.25, 0.3) is 0 Å². The van der Waals surface area contributed by atoms with Gasteiger partial charge in [0.1, 0.15) is 18.0 Å². The van der Waals surface area contributed by atoms with Crippen LogP contribution in [0, 0.1) is 23.6 Å². The van der Waals surface area contributed by atoms with Crippen molar-refractivity contribution in [3.8, 4) is 23.1 Å². The Morgan fingerprint density at radius 2 is 1.75 bits per heavy atom. The maximum atomic E-state index is 15.3. The number of nitrogens with zero attached hydrogens (tertiary/aromatic N) is 6. The number of aromatic nitrogens is 4. The summed E-state index contributed by atoms with van der Waals surface area (Å²) in [5, 5.41) is 19.2. The molecule has 3 aliphatic rings. The van der Waals surface area contributed by atoms with Crippen molar-refractivity contribution in [3.63, 3.8) is 0 Å². The summed E-state index contributed by atoms with van der Waals surface area (Å²) in [6.45, 7) is 5.90. The standard InChI is InChI=1S/C43H46F4N8O5S/c1-42(2,59)26-54-25-30(23-49-54)38-34(43(45,46)47)24-48-41(52-38)50-36-11-9-32(22-35(36)44)61-55-19-13-29(14-20-55)40(58)53-17-15-31(16-18-53)60-21-3-4-27-5-7-28(8-6-27)33-10-12-37(56)51-39(33)57/h5-9,11,22-25,29,31,33,59H,10,12-21,26H2,1-2H3,(H,48,50,52)(H,51,56,57). The van der Waals surface area contributed by atoms with Gasteiger partial charge in [0.05, 0.1) is 41.7 Å². The lowest BCUT2D eigenvalue weighted by atomic mass is 9.90. The van der Waals surface area contributed by atoms with Crippen LogP contribution in [0.5, 0.6) is 0 Å². The number of ether oxygens (including phenoxy) is 1. The third-order valence-corrected chi connectivity index (χ3v) is 11.8. The number of carbonyl (C=O) groups excluding carboxylic acids is 3. The average molecular weight is 863 g/mol. The van der Waals surface area contributed by atoms with Crippen LogP contribution in [0.3, 0.4) is 0 Å². The Kier molecular flexibility index (Phi) is 13.4. The molecule has 4 aromatic rings. The number of likely N-dealkylation sites (tertiary alicyclic amines) is 1. The number of benzene rings is 2. The summed E-state index contributed by atoms with van der Waals surface area (Å²) in [6, 6.07) is 11.9. The second-order valence-electron chi connectivity index (χ2n) is 16.0. The molecule has 0 bridgehead atoms. The summed E-state index contributed by atoms with van der Waals surface area (Å²) in [4.78, 5) is 47.4. The van der Waals surface area contributed by atoms with Crippen molar-refractivity contribution in [2.24, 2.45) is 5.92 Å². The summed E-state index contributed by atoms with van der Waals surface area (Å²) in [7, 11) is 0. The van der Waals surface area contributed by atoms with E-state index in [1.807, 2.05) is 29.2 Å². The minimum atomic E-state index is -4.76. The van der Waals surface area contributed by atoms with E-state index in [4.69, 9.17) is 4.74 Å². The van der Waals surface area contributed by atoms with E-state index >= 15 is 4.39 Å². The van der Waals surface area contributed by atoms with Crippen LogP contribution >= 0.6 is 11.9 Å². The molecule has 0 saturated carbocycles. The molecule has 2 aromatic heterocycles. The van der Waals surface area contributed by atoms with Crippen LogP contribution in [-0.4, -0.2) is 96.3 Å². The van der Waals surface area contributed by atoms with E-state index in [1.165, 1.54) is 41.2 Å². The quantitative estimate of drug-likeness (QED) is 0.0673. The third kappa shape index (κ3) is 11.5. The number of anilines is 2. The molecular formula is C43H46F4N8O5S. The minimum Gasteiger partial charge on any atom is -0.389 e. The Labute approximate surface area is 354 Å². The van der Waals surface area contributed by atoms with E-state index in [2.05, 4.69) is 41.8 Å². The lowest BCUT2D eigenvalue weighted by Gasteiger charge is -2.36. The van der Waals surface area contributed by atoms with Gasteiger partial charge in [0, 0.05) is 66.9 Å². The Hall–Kier alpha value is -5.35. The molecule has 7 rings (SSSR count). The molecule has 3 saturated heterocycles. The third-order valence-electron chi connectivity index (χ3n) is 10.7. The predicted octanol–water partition coefficient (Wildman–Crippen LogP) is 6.31. The zero-order valence-electron chi connectivity index (χ0n) is 33.7. The molecule has 18 heteroatoms. The normalized spacial score (nSPS) is 18.4. The van der Waals surface area contributed by atoms with Crippen molar-refractivity contribution in [2.75, 3.05) is 38.1 Å². The molecular weight excluding hydrogens is 817 g/mol. The summed E-state index contributed by atoms with van der Waals surface area (Å²) in [6.07, 6.45) is 2.06. The number of aliphatic hydroxyl groups is 1. The second kappa shape index (κ2) is 18.7. The highest BCUT2D eigenvalue weighted by molar-refractivity contribution is 7.97. The largest absolute Gasteiger partial charge is 0.419 e. The number of rotatable bonds is 11. The molecule has 3 amide bonds. The SMILES string of the molecule is CC(C)(O)Cn1cc(-c2nc(Nc3ccc(SN4CCC(C(=O)N5CCC(OCC#Cc6ccc(C7CCC(=O)NC7=O)cc6)CC5)CC4)cc3F)ncc2C(F)(F)F)cn1. The molecule has 2 aromatic carbocycles. The first-order valence-corrected chi connectivity index (χ1v) is 20.9. The van der Waals surface area contributed by atoms with Crippen LogP contribution < -0.4 is 10.6 Å². The van der Waals surface area contributed by atoms with E-state index in [1.54, 1.807) is 19.9 Å². The number of alkyl halides is 3. The van der Waals surface area contributed by atoms with Gasteiger partial charge in [-0.25, -0.2) is 18.7 Å². The number of carbonyl (C=O) groups is 3. The fourth-order valence-corrected chi connectivity index (χ4v) is 8.54. The van der Waals surface area contributed by atoms with Crippen molar-refractivity contribution in [1.29, 1.82) is 0 Å². The van der Waals surface area contributed by atoms with E-state index in [0.717, 1.165) is 24.0 Å². The van der Waals surface area contributed by atoms with Gasteiger partial charge in [0.15, 0.2) is 0 Å². The Morgan fingerprint density at radius 1 is 1.02 bits per heavy atom. The maximum absolute atomic E-state index is 15.3. The van der Waals surface area contributed by atoms with Crippen molar-refractivity contribution in [2.45, 2.75) is 87.6 Å². The van der Waals surface area contributed by atoms with E-state index in [9.17, 15) is 32.7 Å². The van der Waals surface area contributed by atoms with Gasteiger partial charge >= 0.3 is 6.18 Å². The van der Waals surface area contributed by atoms with Crippen LogP contribution in [0.2, 0.25) is 0 Å². The van der Waals surface area contributed by atoms with E-state index < -0.39 is 28.9 Å². The van der Waals surface area contributed by atoms with Gasteiger partial charge < -0.3 is 20.1 Å². The molecule has 3 N–H and O–H groups in total. The highest BCUT2D eigenvalue weighted by Crippen LogP contribution is 2.37. The Bertz CT molecular complexity index is 2290. The summed E-state index contributed by atoms with van der Waals surface area (Å²) >= 11 is 1.37. The molecule has 1 unspecified atom stereocenters. The second-order valence-corrected chi connectivity index (χ2v) is 17.2. The topological polar surface area (TPSA) is 155 Å². The molecule has 61 heavy (non-hydrogen) atoms. The monoisotopic (exact) mass is 862 g/mol. The molecule has 13 nitrogen and oxygen atoms in total. The molecule has 5 heterocycles. The number of halogens is 4. The summed E-state index contributed by atoms with van der Waals surface area (Å²) in [5.74, 6) is 4.46. The van der Waals surface area contributed by atoms with Crippen LogP contribution in [0.4, 0.5) is 29.2 Å². The van der Waals surface area contributed by atoms with Crippen molar-refractivity contribution >= 4 is 41.3 Å². The molecule has 3 fully saturated rings. The number of piperidine rings is 3. The number of amides is 3. The fourth-order valence-electron chi connectivity index (χ4n) is 7.56. The maximum Gasteiger partial charge on any atom is 0.419 e. The Balaban J connectivity index is 0.843. The zero-order chi connectivity index (χ0) is 43.3. The molecule has 0 spiro atoms. The fraction of sp³-hybridized carbons (Fsp3) is 0.442. The van der Waals surface area contributed by atoms with Gasteiger partial charge in [-0.1, -0.05) is 24.0 Å². The first kappa shape index (κ1) is 43.7.